The monoisotopic (exact) mass is 277 g/mol. The number of aromatic carboxylic acids is 1. The Morgan fingerprint density at radius 3 is 2.58 bits per heavy atom. The number of nitrogens with one attached hydrogen (secondary N) is 1. The lowest BCUT2D eigenvalue weighted by Gasteiger charge is -2.09. The molecule has 1 aromatic heterocycles. The number of carbonyl (C=O) groups is 2. The highest BCUT2D eigenvalue weighted by Gasteiger charge is 2.10. The second kappa shape index (κ2) is 5.53. The summed E-state index contributed by atoms with van der Waals surface area (Å²) in [6.45, 7) is 1.41. The highest BCUT2D eigenvalue weighted by Crippen LogP contribution is 2.33. The summed E-state index contributed by atoms with van der Waals surface area (Å²) < 4.78 is 5.58. The Morgan fingerprint density at radius 2 is 1.95 bits per heavy atom. The molecule has 5 nitrogen and oxygen atoms in total. The van der Waals surface area contributed by atoms with Crippen LogP contribution in [0.3, 0.4) is 0 Å². The van der Waals surface area contributed by atoms with Gasteiger partial charge in [-0.1, -0.05) is 23.5 Å². The van der Waals surface area contributed by atoms with Crippen molar-refractivity contribution in [2.45, 2.75) is 6.92 Å². The minimum Gasteiger partial charge on any atom is -0.477 e. The van der Waals surface area contributed by atoms with Crippen LogP contribution in [0, 0.1) is 0 Å². The molecule has 1 aromatic carbocycles. The van der Waals surface area contributed by atoms with Crippen LogP contribution in [-0.4, -0.2) is 17.0 Å². The van der Waals surface area contributed by atoms with E-state index in [9.17, 15) is 9.59 Å². The van der Waals surface area contributed by atoms with Crippen molar-refractivity contribution < 1.29 is 19.4 Å². The molecular weight excluding hydrogens is 266 g/mol. The number of amides is 1. The van der Waals surface area contributed by atoms with Gasteiger partial charge in [-0.15, -0.1) is 0 Å². The number of para-hydroxylation sites is 2. The Bertz CT molecular complexity index is 621. The number of carbonyl (C=O) groups excluding carboxylic acids is 1. The quantitative estimate of drug-likeness (QED) is 0.899. The first kappa shape index (κ1) is 13.1. The lowest BCUT2D eigenvalue weighted by atomic mass is 10.3. The molecule has 0 unspecified atom stereocenters. The van der Waals surface area contributed by atoms with Crippen molar-refractivity contribution in [3.05, 3.63) is 41.3 Å². The summed E-state index contributed by atoms with van der Waals surface area (Å²) >= 11 is 1.03. The van der Waals surface area contributed by atoms with Crippen molar-refractivity contribution >= 4 is 28.9 Å². The summed E-state index contributed by atoms with van der Waals surface area (Å²) in [4.78, 5) is 22.0. The molecule has 0 spiro atoms. The molecule has 0 aliphatic carbocycles. The second-order valence-corrected chi connectivity index (χ2v) is 4.75. The number of anilines is 1. The normalized spacial score (nSPS) is 9.95. The first-order valence-electron chi connectivity index (χ1n) is 5.44. The molecule has 1 amide bonds. The molecule has 98 valence electrons. The van der Waals surface area contributed by atoms with Gasteiger partial charge in [0.2, 0.25) is 5.91 Å². The molecule has 0 fully saturated rings. The molecule has 0 atom stereocenters. The number of carboxylic acid groups (broad SMARTS) is 1. The summed E-state index contributed by atoms with van der Waals surface area (Å²) in [5.74, 6) is -0.722. The number of hydrogen-bond donors (Lipinski definition) is 2. The van der Waals surface area contributed by atoms with Crippen molar-refractivity contribution in [1.82, 2.24) is 0 Å². The van der Waals surface area contributed by atoms with E-state index >= 15 is 0 Å². The lowest BCUT2D eigenvalue weighted by molar-refractivity contribution is -0.114. The summed E-state index contributed by atoms with van der Waals surface area (Å²) in [5.41, 5.74) is 0.542. The average Bonchev–Trinajstić information content (AvgIpc) is 2.80. The molecule has 1 heterocycles. The molecule has 0 bridgehead atoms. The predicted octanol–water partition coefficient (Wildman–Crippen LogP) is 3.20. The van der Waals surface area contributed by atoms with Crippen LogP contribution in [0.15, 0.2) is 36.4 Å². The summed E-state index contributed by atoms with van der Waals surface area (Å²) in [6, 6.07) is 10.0. The van der Waals surface area contributed by atoms with Crippen molar-refractivity contribution in [3.63, 3.8) is 0 Å². The molecule has 0 radical (unpaired) electrons. The zero-order valence-electron chi connectivity index (χ0n) is 10.0. The highest BCUT2D eigenvalue weighted by atomic mass is 32.1. The van der Waals surface area contributed by atoms with E-state index in [1.807, 2.05) is 0 Å². The van der Waals surface area contributed by atoms with Gasteiger partial charge < -0.3 is 15.2 Å². The molecule has 0 aliphatic rings. The van der Waals surface area contributed by atoms with Gasteiger partial charge in [0.25, 0.3) is 0 Å². The van der Waals surface area contributed by atoms with Gasteiger partial charge in [0.1, 0.15) is 4.88 Å². The van der Waals surface area contributed by atoms with E-state index in [4.69, 9.17) is 9.84 Å². The number of rotatable bonds is 4. The maximum Gasteiger partial charge on any atom is 0.345 e. The number of hydrogen-bond acceptors (Lipinski definition) is 4. The molecule has 0 aliphatic heterocycles. The fourth-order valence-corrected chi connectivity index (χ4v) is 2.15. The van der Waals surface area contributed by atoms with E-state index in [1.54, 1.807) is 30.3 Å². The molecule has 0 saturated heterocycles. The Balaban J connectivity index is 2.22. The highest BCUT2D eigenvalue weighted by molar-refractivity contribution is 7.15. The molecule has 2 N–H and O–H groups in total. The predicted molar refractivity (Wildman–Crippen MR) is 72.1 cm³/mol. The van der Waals surface area contributed by atoms with Crippen molar-refractivity contribution in [2.24, 2.45) is 0 Å². The van der Waals surface area contributed by atoms with Crippen LogP contribution in [0.1, 0.15) is 16.6 Å². The fraction of sp³-hybridized carbons (Fsp3) is 0.0769. The summed E-state index contributed by atoms with van der Waals surface area (Å²) in [5, 5.41) is 11.9. The number of benzene rings is 1. The fourth-order valence-electron chi connectivity index (χ4n) is 1.45. The van der Waals surface area contributed by atoms with Crippen LogP contribution >= 0.6 is 11.3 Å². The first-order valence-corrected chi connectivity index (χ1v) is 6.25. The third-order valence-electron chi connectivity index (χ3n) is 2.20. The molecule has 2 aromatic rings. The lowest BCUT2D eigenvalue weighted by Crippen LogP contribution is -2.06. The zero-order chi connectivity index (χ0) is 13.8. The second-order valence-electron chi connectivity index (χ2n) is 3.70. The Morgan fingerprint density at radius 1 is 1.21 bits per heavy atom. The molecule has 6 heteroatoms. The Kier molecular flexibility index (Phi) is 3.82. The van der Waals surface area contributed by atoms with Crippen LogP contribution in [-0.2, 0) is 4.79 Å². The third-order valence-corrected chi connectivity index (χ3v) is 3.15. The largest absolute Gasteiger partial charge is 0.477 e. The van der Waals surface area contributed by atoms with Gasteiger partial charge in [-0.05, 0) is 24.3 Å². The van der Waals surface area contributed by atoms with E-state index in [0.717, 1.165) is 11.3 Å². The summed E-state index contributed by atoms with van der Waals surface area (Å²) in [6.07, 6.45) is 0. The minimum absolute atomic E-state index is 0.201. The molecule has 0 saturated carbocycles. The van der Waals surface area contributed by atoms with Gasteiger partial charge in [0, 0.05) is 6.92 Å². The van der Waals surface area contributed by atoms with Gasteiger partial charge in [0.05, 0.1) is 5.69 Å². The van der Waals surface area contributed by atoms with Gasteiger partial charge in [-0.2, -0.15) is 0 Å². The van der Waals surface area contributed by atoms with E-state index < -0.39 is 5.97 Å². The van der Waals surface area contributed by atoms with Crippen LogP contribution in [0.2, 0.25) is 0 Å². The molecule has 19 heavy (non-hydrogen) atoms. The number of ether oxygens (including phenoxy) is 1. The Labute approximate surface area is 113 Å². The van der Waals surface area contributed by atoms with E-state index in [0.29, 0.717) is 16.5 Å². The smallest absolute Gasteiger partial charge is 0.345 e. The number of thiophene rings is 1. The average molecular weight is 277 g/mol. The van der Waals surface area contributed by atoms with Crippen LogP contribution in [0.5, 0.6) is 10.8 Å². The standard InChI is InChI=1S/C13H11NO4S/c1-8(15)14-9-4-2-3-5-10(9)18-12-7-6-11(19-12)13(16)17/h2-7H,1H3,(H,14,15)(H,16,17). The minimum atomic E-state index is -0.991. The van der Waals surface area contributed by atoms with Gasteiger partial charge in [-0.25, -0.2) is 4.79 Å². The SMILES string of the molecule is CC(=O)Nc1ccccc1Oc1ccc(C(=O)O)s1. The van der Waals surface area contributed by atoms with E-state index in [1.165, 1.54) is 13.0 Å². The van der Waals surface area contributed by atoms with Crippen molar-refractivity contribution in [2.75, 3.05) is 5.32 Å². The van der Waals surface area contributed by atoms with Crippen molar-refractivity contribution in [1.29, 1.82) is 0 Å². The summed E-state index contributed by atoms with van der Waals surface area (Å²) in [7, 11) is 0. The van der Waals surface area contributed by atoms with Crippen LogP contribution in [0.25, 0.3) is 0 Å². The van der Waals surface area contributed by atoms with Gasteiger partial charge in [0.15, 0.2) is 10.8 Å². The Hall–Kier alpha value is -2.34. The maximum atomic E-state index is 11.1. The third kappa shape index (κ3) is 3.32. The van der Waals surface area contributed by atoms with Crippen LogP contribution in [0.4, 0.5) is 5.69 Å². The van der Waals surface area contributed by atoms with E-state index in [-0.39, 0.29) is 10.8 Å². The topological polar surface area (TPSA) is 75.6 Å². The van der Waals surface area contributed by atoms with Gasteiger partial charge >= 0.3 is 5.97 Å². The maximum absolute atomic E-state index is 11.1. The van der Waals surface area contributed by atoms with Gasteiger partial charge in [-0.3, -0.25) is 4.79 Å². The van der Waals surface area contributed by atoms with E-state index in [2.05, 4.69) is 5.32 Å². The molecular formula is C13H11NO4S. The first-order chi connectivity index (χ1) is 9.06. The number of carboxylic acids is 1. The van der Waals surface area contributed by atoms with Crippen LogP contribution < -0.4 is 10.1 Å². The molecule has 2 rings (SSSR count). The zero-order valence-corrected chi connectivity index (χ0v) is 10.9. The van der Waals surface area contributed by atoms with Crippen molar-refractivity contribution in [3.8, 4) is 10.8 Å².